The molecule has 2 aromatic rings. The van der Waals surface area contributed by atoms with Crippen LogP contribution >= 0.6 is 0 Å². The van der Waals surface area contributed by atoms with E-state index < -0.39 is 0 Å². The van der Waals surface area contributed by atoms with Gasteiger partial charge in [0, 0.05) is 11.5 Å². The van der Waals surface area contributed by atoms with Gasteiger partial charge in [0.15, 0.2) is 5.78 Å². The molecule has 0 amide bonds. The zero-order valence-corrected chi connectivity index (χ0v) is 14.9. The van der Waals surface area contributed by atoms with E-state index in [9.17, 15) is 9.90 Å². The SMILES string of the molecule is CC(=O)C1=C(O)C=C2C(=Cc3ccccc3)CCC2C1c1ccccc1. The maximum absolute atomic E-state index is 12.3. The van der Waals surface area contributed by atoms with Crippen molar-refractivity contribution in [2.45, 2.75) is 25.7 Å². The normalized spacial score (nSPS) is 23.7. The van der Waals surface area contributed by atoms with E-state index in [0.29, 0.717) is 5.57 Å². The van der Waals surface area contributed by atoms with Crippen molar-refractivity contribution in [1.82, 2.24) is 0 Å². The third-order valence-corrected chi connectivity index (χ3v) is 5.45. The summed E-state index contributed by atoms with van der Waals surface area (Å²) in [5.41, 5.74) is 5.24. The average molecular weight is 342 g/mol. The van der Waals surface area contributed by atoms with Gasteiger partial charge in [0.25, 0.3) is 0 Å². The van der Waals surface area contributed by atoms with Crippen LogP contribution in [0, 0.1) is 5.92 Å². The standard InChI is InChI=1S/C24H22O2/c1-16(25)23-22(26)15-21-19(14-17-8-4-2-5-9-17)12-13-20(21)24(23)18-10-6-3-7-11-18/h2-11,14-15,20,24,26H,12-13H2,1H3. The van der Waals surface area contributed by atoms with E-state index in [0.717, 1.165) is 18.4 Å². The number of ketones is 1. The molecule has 1 saturated carbocycles. The van der Waals surface area contributed by atoms with Crippen LogP contribution in [0.1, 0.15) is 36.8 Å². The number of rotatable bonds is 3. The summed E-state index contributed by atoms with van der Waals surface area (Å²) < 4.78 is 0. The fourth-order valence-electron chi connectivity index (χ4n) is 4.35. The Morgan fingerprint density at radius 1 is 1.04 bits per heavy atom. The first-order valence-electron chi connectivity index (χ1n) is 9.11. The Morgan fingerprint density at radius 2 is 1.69 bits per heavy atom. The number of aliphatic hydroxyl groups is 1. The first-order chi connectivity index (χ1) is 12.6. The minimum absolute atomic E-state index is 0.0489. The van der Waals surface area contributed by atoms with Crippen molar-refractivity contribution in [3.8, 4) is 0 Å². The van der Waals surface area contributed by atoms with Crippen molar-refractivity contribution in [2.75, 3.05) is 0 Å². The Balaban J connectivity index is 1.81. The van der Waals surface area contributed by atoms with Gasteiger partial charge in [-0.3, -0.25) is 4.79 Å². The number of hydrogen-bond acceptors (Lipinski definition) is 2. The van der Waals surface area contributed by atoms with E-state index in [-0.39, 0.29) is 23.4 Å². The van der Waals surface area contributed by atoms with Crippen LogP contribution in [0.15, 0.2) is 89.2 Å². The van der Waals surface area contributed by atoms with Crippen LogP contribution in [-0.4, -0.2) is 10.9 Å². The molecule has 2 heteroatoms. The number of allylic oxidation sites excluding steroid dienone is 4. The summed E-state index contributed by atoms with van der Waals surface area (Å²) in [6.07, 6.45) is 5.99. The minimum atomic E-state index is -0.0737. The second kappa shape index (κ2) is 6.80. The number of carbonyl (C=O) groups is 1. The summed E-state index contributed by atoms with van der Waals surface area (Å²) in [4.78, 5) is 12.3. The molecule has 130 valence electrons. The molecule has 2 atom stereocenters. The number of Topliss-reactive ketones (excluding diaryl/α,β-unsaturated/α-hetero) is 1. The summed E-state index contributed by atoms with van der Waals surface area (Å²) in [6.45, 7) is 1.55. The zero-order valence-electron chi connectivity index (χ0n) is 14.9. The largest absolute Gasteiger partial charge is 0.508 e. The summed E-state index contributed by atoms with van der Waals surface area (Å²) in [5.74, 6) is 0.239. The Kier molecular flexibility index (Phi) is 4.34. The van der Waals surface area contributed by atoms with E-state index in [1.165, 1.54) is 16.7 Å². The van der Waals surface area contributed by atoms with Crippen molar-refractivity contribution in [2.24, 2.45) is 5.92 Å². The lowest BCUT2D eigenvalue weighted by Crippen LogP contribution is -2.23. The van der Waals surface area contributed by atoms with Gasteiger partial charge in [0.2, 0.25) is 0 Å². The van der Waals surface area contributed by atoms with Crippen molar-refractivity contribution >= 4 is 11.9 Å². The third kappa shape index (κ3) is 2.92. The maximum Gasteiger partial charge on any atom is 0.160 e. The van der Waals surface area contributed by atoms with Crippen LogP contribution in [0.4, 0.5) is 0 Å². The Labute approximate surface area is 154 Å². The number of carbonyl (C=O) groups excluding carboxylic acids is 1. The Morgan fingerprint density at radius 3 is 2.35 bits per heavy atom. The van der Waals surface area contributed by atoms with Gasteiger partial charge in [0.05, 0.1) is 0 Å². The summed E-state index contributed by atoms with van der Waals surface area (Å²) in [7, 11) is 0. The molecule has 1 N–H and O–H groups in total. The molecule has 0 radical (unpaired) electrons. The third-order valence-electron chi connectivity index (χ3n) is 5.45. The lowest BCUT2D eigenvalue weighted by Gasteiger charge is -2.31. The van der Waals surface area contributed by atoms with E-state index >= 15 is 0 Å². The Bertz CT molecular complexity index is 917. The molecule has 2 aromatic carbocycles. The van der Waals surface area contributed by atoms with E-state index in [4.69, 9.17) is 0 Å². The van der Waals surface area contributed by atoms with Crippen molar-refractivity contribution < 1.29 is 9.90 Å². The Hall–Kier alpha value is -2.87. The predicted molar refractivity (Wildman–Crippen MR) is 105 cm³/mol. The lowest BCUT2D eigenvalue weighted by atomic mass is 9.72. The highest BCUT2D eigenvalue weighted by atomic mass is 16.3. The molecule has 2 aliphatic carbocycles. The van der Waals surface area contributed by atoms with Gasteiger partial charge >= 0.3 is 0 Å². The monoisotopic (exact) mass is 342 g/mol. The fraction of sp³-hybridized carbons (Fsp3) is 0.208. The first kappa shape index (κ1) is 16.6. The smallest absolute Gasteiger partial charge is 0.160 e. The van der Waals surface area contributed by atoms with E-state index in [2.05, 4.69) is 30.3 Å². The molecule has 0 saturated heterocycles. The molecule has 0 bridgehead atoms. The molecule has 4 rings (SSSR count). The molecule has 0 aromatic heterocycles. The molecule has 26 heavy (non-hydrogen) atoms. The molecule has 2 aliphatic rings. The van der Waals surface area contributed by atoms with Gasteiger partial charge in [0.1, 0.15) is 5.76 Å². The van der Waals surface area contributed by atoms with Gasteiger partial charge in [-0.15, -0.1) is 0 Å². The van der Waals surface area contributed by atoms with Gasteiger partial charge in [-0.2, -0.15) is 0 Å². The molecular formula is C24H22O2. The fourth-order valence-corrected chi connectivity index (χ4v) is 4.35. The molecule has 1 fully saturated rings. The van der Waals surface area contributed by atoms with Crippen molar-refractivity contribution in [3.63, 3.8) is 0 Å². The number of benzene rings is 2. The molecule has 0 heterocycles. The predicted octanol–water partition coefficient (Wildman–Crippen LogP) is 5.60. The topological polar surface area (TPSA) is 37.3 Å². The molecule has 2 nitrogen and oxygen atoms in total. The number of fused-ring (bicyclic) bond motifs is 1. The van der Waals surface area contributed by atoms with E-state index in [1.54, 1.807) is 6.92 Å². The first-order valence-corrected chi connectivity index (χ1v) is 9.11. The van der Waals surface area contributed by atoms with Gasteiger partial charge < -0.3 is 5.11 Å². The molecule has 2 unspecified atom stereocenters. The second-order valence-electron chi connectivity index (χ2n) is 7.07. The van der Waals surface area contributed by atoms with Crippen LogP contribution in [0.3, 0.4) is 0 Å². The van der Waals surface area contributed by atoms with Gasteiger partial charge in [-0.25, -0.2) is 0 Å². The summed E-state index contributed by atoms with van der Waals surface area (Å²) in [6, 6.07) is 20.4. The highest BCUT2D eigenvalue weighted by molar-refractivity contribution is 5.96. The lowest BCUT2D eigenvalue weighted by molar-refractivity contribution is -0.114. The van der Waals surface area contributed by atoms with Crippen molar-refractivity contribution in [3.05, 3.63) is 100 Å². The van der Waals surface area contributed by atoms with Crippen molar-refractivity contribution in [1.29, 1.82) is 0 Å². The minimum Gasteiger partial charge on any atom is -0.508 e. The molecule has 0 aliphatic heterocycles. The second-order valence-corrected chi connectivity index (χ2v) is 7.07. The van der Waals surface area contributed by atoms with Crippen LogP contribution in [-0.2, 0) is 4.79 Å². The quantitative estimate of drug-likeness (QED) is 0.788. The van der Waals surface area contributed by atoms with Crippen LogP contribution in [0.25, 0.3) is 6.08 Å². The maximum atomic E-state index is 12.3. The number of aliphatic hydroxyl groups excluding tert-OH is 1. The van der Waals surface area contributed by atoms with Crippen LogP contribution < -0.4 is 0 Å². The molecule has 0 spiro atoms. The van der Waals surface area contributed by atoms with Gasteiger partial charge in [-0.05, 0) is 54.0 Å². The summed E-state index contributed by atoms with van der Waals surface area (Å²) in [5, 5.41) is 10.7. The highest BCUT2D eigenvalue weighted by Crippen LogP contribution is 2.51. The number of hydrogen-bond donors (Lipinski definition) is 1. The van der Waals surface area contributed by atoms with Crippen LogP contribution in [0.5, 0.6) is 0 Å². The van der Waals surface area contributed by atoms with E-state index in [1.807, 2.05) is 42.5 Å². The summed E-state index contributed by atoms with van der Waals surface area (Å²) >= 11 is 0. The van der Waals surface area contributed by atoms with Gasteiger partial charge in [-0.1, -0.05) is 66.7 Å². The zero-order chi connectivity index (χ0) is 18.1. The van der Waals surface area contributed by atoms with Crippen LogP contribution in [0.2, 0.25) is 0 Å². The highest BCUT2D eigenvalue weighted by Gasteiger charge is 2.40. The average Bonchev–Trinajstić information content (AvgIpc) is 3.04. The molecular weight excluding hydrogens is 320 g/mol.